The number of ether oxygens (including phenoxy) is 1. The summed E-state index contributed by atoms with van der Waals surface area (Å²) in [6, 6.07) is 6.86. The second-order valence-corrected chi connectivity index (χ2v) is 2.45. The Kier molecular flexibility index (Phi) is 3.09. The quantitative estimate of drug-likeness (QED) is 0.560. The molecule has 0 radical (unpaired) electrons. The van der Waals surface area contributed by atoms with Crippen LogP contribution in [0.15, 0.2) is 36.5 Å². The molecule has 0 unspecified atom stereocenters. The van der Waals surface area contributed by atoms with Crippen molar-refractivity contribution >= 4 is 5.78 Å². The predicted octanol–water partition coefficient (Wildman–Crippen LogP) is 1.35. The molecule has 3 heteroatoms. The number of ketones is 1. The first-order valence-electron chi connectivity index (χ1n) is 3.84. The van der Waals surface area contributed by atoms with Gasteiger partial charge in [-0.3, -0.25) is 4.79 Å². The van der Waals surface area contributed by atoms with Crippen molar-refractivity contribution in [1.29, 1.82) is 0 Å². The molecule has 0 aliphatic heterocycles. The van der Waals surface area contributed by atoms with E-state index in [9.17, 15) is 4.79 Å². The van der Waals surface area contributed by atoms with Gasteiger partial charge in [0.1, 0.15) is 5.75 Å². The Morgan fingerprint density at radius 1 is 1.38 bits per heavy atom. The summed E-state index contributed by atoms with van der Waals surface area (Å²) < 4.78 is 4.95. The standard InChI is InChI=1S/C10H11NO2/c1-13-9-4-2-8(3-5-9)10(12)6-7-11/h2-7H,11H2,1H3/b7-6-. The maximum Gasteiger partial charge on any atom is 0.187 e. The number of rotatable bonds is 3. The Morgan fingerprint density at radius 2 is 2.00 bits per heavy atom. The third-order valence-corrected chi connectivity index (χ3v) is 1.62. The third kappa shape index (κ3) is 2.33. The Labute approximate surface area is 76.8 Å². The van der Waals surface area contributed by atoms with E-state index >= 15 is 0 Å². The smallest absolute Gasteiger partial charge is 0.187 e. The van der Waals surface area contributed by atoms with Crippen LogP contribution in [-0.4, -0.2) is 12.9 Å². The summed E-state index contributed by atoms with van der Waals surface area (Å²) in [5, 5.41) is 0. The molecule has 0 atom stereocenters. The van der Waals surface area contributed by atoms with Crippen LogP contribution in [0.2, 0.25) is 0 Å². The molecule has 0 saturated carbocycles. The van der Waals surface area contributed by atoms with Crippen molar-refractivity contribution in [2.45, 2.75) is 0 Å². The molecule has 1 rings (SSSR count). The molecular formula is C10H11NO2. The molecular weight excluding hydrogens is 166 g/mol. The van der Waals surface area contributed by atoms with Gasteiger partial charge in [0.05, 0.1) is 7.11 Å². The van der Waals surface area contributed by atoms with E-state index in [-0.39, 0.29) is 5.78 Å². The van der Waals surface area contributed by atoms with Gasteiger partial charge in [0.2, 0.25) is 0 Å². The molecule has 0 aliphatic rings. The molecule has 0 saturated heterocycles. The third-order valence-electron chi connectivity index (χ3n) is 1.62. The van der Waals surface area contributed by atoms with E-state index in [1.807, 2.05) is 0 Å². The Morgan fingerprint density at radius 3 is 2.46 bits per heavy atom. The minimum Gasteiger partial charge on any atom is -0.497 e. The number of benzene rings is 1. The van der Waals surface area contributed by atoms with Gasteiger partial charge in [-0.25, -0.2) is 0 Å². The zero-order chi connectivity index (χ0) is 9.68. The zero-order valence-electron chi connectivity index (χ0n) is 7.36. The summed E-state index contributed by atoms with van der Waals surface area (Å²) in [6.07, 6.45) is 2.55. The molecule has 1 aromatic carbocycles. The van der Waals surface area contributed by atoms with Gasteiger partial charge in [-0.05, 0) is 30.5 Å². The number of methoxy groups -OCH3 is 1. The second-order valence-electron chi connectivity index (χ2n) is 2.45. The fourth-order valence-electron chi connectivity index (χ4n) is 0.939. The first-order chi connectivity index (χ1) is 6.27. The molecule has 0 fully saturated rings. The molecule has 13 heavy (non-hydrogen) atoms. The van der Waals surface area contributed by atoms with Gasteiger partial charge in [0.25, 0.3) is 0 Å². The fourth-order valence-corrected chi connectivity index (χ4v) is 0.939. The van der Waals surface area contributed by atoms with Crippen LogP contribution in [0.1, 0.15) is 10.4 Å². The van der Waals surface area contributed by atoms with E-state index in [1.165, 1.54) is 12.3 Å². The number of allylic oxidation sites excluding steroid dienone is 1. The summed E-state index contributed by atoms with van der Waals surface area (Å²) in [6.45, 7) is 0. The highest BCUT2D eigenvalue weighted by atomic mass is 16.5. The average Bonchev–Trinajstić information content (AvgIpc) is 2.18. The van der Waals surface area contributed by atoms with E-state index < -0.39 is 0 Å². The SMILES string of the molecule is COc1ccc(C(=O)/C=C\N)cc1. The molecule has 1 aromatic rings. The molecule has 0 spiro atoms. The van der Waals surface area contributed by atoms with Gasteiger partial charge in [0, 0.05) is 11.6 Å². The molecule has 0 heterocycles. The van der Waals surface area contributed by atoms with E-state index in [4.69, 9.17) is 10.5 Å². The monoisotopic (exact) mass is 177 g/mol. The van der Waals surface area contributed by atoms with E-state index in [0.717, 1.165) is 5.75 Å². The highest BCUT2D eigenvalue weighted by Crippen LogP contribution is 2.11. The first-order valence-corrected chi connectivity index (χ1v) is 3.84. The fraction of sp³-hybridized carbons (Fsp3) is 0.100. The van der Waals surface area contributed by atoms with E-state index in [0.29, 0.717) is 5.56 Å². The van der Waals surface area contributed by atoms with Gasteiger partial charge in [-0.1, -0.05) is 0 Å². The molecule has 0 aliphatic carbocycles. The van der Waals surface area contributed by atoms with Gasteiger partial charge < -0.3 is 10.5 Å². The van der Waals surface area contributed by atoms with Crippen molar-refractivity contribution in [3.8, 4) is 5.75 Å². The van der Waals surface area contributed by atoms with Crippen LogP contribution in [0.5, 0.6) is 5.75 Å². The maximum atomic E-state index is 11.2. The lowest BCUT2D eigenvalue weighted by atomic mass is 10.1. The van der Waals surface area contributed by atoms with Crippen LogP contribution in [0.4, 0.5) is 0 Å². The highest BCUT2D eigenvalue weighted by Gasteiger charge is 2.00. The van der Waals surface area contributed by atoms with Crippen LogP contribution in [0, 0.1) is 0 Å². The summed E-state index contributed by atoms with van der Waals surface area (Å²) in [5.74, 6) is 0.624. The van der Waals surface area contributed by atoms with Crippen LogP contribution in [0.3, 0.4) is 0 Å². The summed E-state index contributed by atoms with van der Waals surface area (Å²) in [4.78, 5) is 11.2. The largest absolute Gasteiger partial charge is 0.497 e. The Hall–Kier alpha value is -1.77. The maximum absolute atomic E-state index is 11.2. The number of carbonyl (C=O) groups excluding carboxylic acids is 1. The minimum absolute atomic E-state index is 0.106. The van der Waals surface area contributed by atoms with Gasteiger partial charge >= 0.3 is 0 Å². The normalized spacial score (nSPS) is 10.2. The Bertz CT molecular complexity index is 314. The number of carbonyl (C=O) groups is 1. The first kappa shape index (κ1) is 9.32. The summed E-state index contributed by atoms with van der Waals surface area (Å²) in [5.41, 5.74) is 5.70. The van der Waals surface area contributed by atoms with Crippen LogP contribution < -0.4 is 10.5 Å². The minimum atomic E-state index is -0.106. The molecule has 0 aromatic heterocycles. The molecule has 2 N–H and O–H groups in total. The van der Waals surface area contributed by atoms with Gasteiger partial charge in [-0.2, -0.15) is 0 Å². The molecule has 0 amide bonds. The number of hydrogen-bond acceptors (Lipinski definition) is 3. The number of nitrogens with two attached hydrogens (primary N) is 1. The van der Waals surface area contributed by atoms with Crippen LogP contribution in [0.25, 0.3) is 0 Å². The van der Waals surface area contributed by atoms with E-state index in [2.05, 4.69) is 0 Å². The molecule has 0 bridgehead atoms. The number of hydrogen-bond donors (Lipinski definition) is 1. The molecule has 3 nitrogen and oxygen atoms in total. The predicted molar refractivity (Wildman–Crippen MR) is 50.7 cm³/mol. The van der Waals surface area contributed by atoms with E-state index in [1.54, 1.807) is 31.4 Å². The van der Waals surface area contributed by atoms with Crippen LogP contribution >= 0.6 is 0 Å². The summed E-state index contributed by atoms with van der Waals surface area (Å²) >= 11 is 0. The zero-order valence-corrected chi connectivity index (χ0v) is 7.36. The Balaban J connectivity index is 2.85. The summed E-state index contributed by atoms with van der Waals surface area (Å²) in [7, 11) is 1.58. The van der Waals surface area contributed by atoms with Crippen molar-refractivity contribution in [1.82, 2.24) is 0 Å². The lowest BCUT2D eigenvalue weighted by molar-refractivity contribution is 0.104. The highest BCUT2D eigenvalue weighted by molar-refractivity contribution is 6.04. The van der Waals surface area contributed by atoms with Crippen molar-refractivity contribution in [3.05, 3.63) is 42.1 Å². The second kappa shape index (κ2) is 4.30. The van der Waals surface area contributed by atoms with Crippen molar-refractivity contribution < 1.29 is 9.53 Å². The lowest BCUT2D eigenvalue weighted by Gasteiger charge is -1.99. The van der Waals surface area contributed by atoms with Gasteiger partial charge in [0.15, 0.2) is 5.78 Å². The molecule has 68 valence electrons. The van der Waals surface area contributed by atoms with Crippen molar-refractivity contribution in [2.75, 3.05) is 7.11 Å². The topological polar surface area (TPSA) is 52.3 Å². The van der Waals surface area contributed by atoms with Crippen molar-refractivity contribution in [2.24, 2.45) is 5.73 Å². The lowest BCUT2D eigenvalue weighted by Crippen LogP contribution is -1.95. The van der Waals surface area contributed by atoms with Crippen LogP contribution in [-0.2, 0) is 0 Å². The average molecular weight is 177 g/mol. The van der Waals surface area contributed by atoms with Gasteiger partial charge in [-0.15, -0.1) is 0 Å². The van der Waals surface area contributed by atoms with Crippen molar-refractivity contribution in [3.63, 3.8) is 0 Å².